The number of ether oxygens (including phenoxy) is 1. The van der Waals surface area contributed by atoms with E-state index in [9.17, 15) is 9.90 Å². The van der Waals surface area contributed by atoms with Gasteiger partial charge >= 0.3 is 0 Å². The Bertz CT molecular complexity index is 810. The monoisotopic (exact) mass is 279 g/mol. The fraction of sp³-hybridized carbons (Fsp3) is 0.0588. The van der Waals surface area contributed by atoms with E-state index in [-0.39, 0.29) is 5.75 Å². The summed E-state index contributed by atoms with van der Waals surface area (Å²) in [6.07, 6.45) is 2.46. The van der Waals surface area contributed by atoms with E-state index in [0.717, 1.165) is 22.8 Å². The quantitative estimate of drug-likeness (QED) is 0.746. The van der Waals surface area contributed by atoms with E-state index in [1.165, 1.54) is 0 Å². The Labute approximate surface area is 121 Å². The second kappa shape index (κ2) is 5.25. The number of pyridine rings is 1. The first-order valence-corrected chi connectivity index (χ1v) is 6.45. The highest BCUT2D eigenvalue weighted by Gasteiger charge is 2.12. The third-order valence-electron chi connectivity index (χ3n) is 3.40. The molecule has 0 bridgehead atoms. The van der Waals surface area contributed by atoms with E-state index >= 15 is 0 Å². The molecule has 0 amide bonds. The maximum Gasteiger partial charge on any atom is 0.221 e. The summed E-state index contributed by atoms with van der Waals surface area (Å²) < 4.78 is 5.24. The van der Waals surface area contributed by atoms with E-state index in [0.29, 0.717) is 16.8 Å². The summed E-state index contributed by atoms with van der Waals surface area (Å²) in [5, 5.41) is 11.6. The van der Waals surface area contributed by atoms with E-state index < -0.39 is 0 Å². The molecule has 21 heavy (non-hydrogen) atoms. The highest BCUT2D eigenvalue weighted by molar-refractivity contribution is 6.02. The number of rotatable bonds is 3. The lowest BCUT2D eigenvalue weighted by Crippen LogP contribution is -1.92. The van der Waals surface area contributed by atoms with Gasteiger partial charge in [0.15, 0.2) is 0 Å². The van der Waals surface area contributed by atoms with Gasteiger partial charge in [-0.3, -0.25) is 4.79 Å². The van der Waals surface area contributed by atoms with Crippen LogP contribution in [0.5, 0.6) is 11.6 Å². The van der Waals surface area contributed by atoms with Gasteiger partial charge in [0, 0.05) is 28.1 Å². The van der Waals surface area contributed by atoms with Crippen molar-refractivity contribution < 1.29 is 14.6 Å². The van der Waals surface area contributed by atoms with Gasteiger partial charge < -0.3 is 9.84 Å². The Morgan fingerprint density at radius 2 is 1.90 bits per heavy atom. The van der Waals surface area contributed by atoms with Gasteiger partial charge in [0.05, 0.1) is 7.11 Å². The van der Waals surface area contributed by atoms with Gasteiger partial charge in [0.1, 0.15) is 12.0 Å². The van der Waals surface area contributed by atoms with Crippen molar-refractivity contribution in [3.63, 3.8) is 0 Å². The summed E-state index contributed by atoms with van der Waals surface area (Å²) in [6, 6.07) is 12.4. The maximum absolute atomic E-state index is 10.7. The molecule has 4 nitrogen and oxygen atoms in total. The van der Waals surface area contributed by atoms with Crippen molar-refractivity contribution in [2.24, 2.45) is 0 Å². The molecule has 0 aliphatic rings. The van der Waals surface area contributed by atoms with Crippen LogP contribution in [0.3, 0.4) is 0 Å². The standard InChI is InChI=1S/C17H13NO3/c1-21-17-13-3-2-4-15(20)16(13)14(9-18-17)12-7-5-11(10-19)6-8-12/h2-10,20H,1H3. The van der Waals surface area contributed by atoms with Crippen LogP contribution in [0.4, 0.5) is 0 Å². The number of aromatic hydroxyl groups is 1. The third-order valence-corrected chi connectivity index (χ3v) is 3.40. The molecule has 0 fully saturated rings. The first-order valence-electron chi connectivity index (χ1n) is 6.45. The number of nitrogens with zero attached hydrogens (tertiary/aromatic N) is 1. The summed E-state index contributed by atoms with van der Waals surface area (Å²) in [6.45, 7) is 0. The van der Waals surface area contributed by atoms with Crippen LogP contribution in [0.25, 0.3) is 21.9 Å². The molecule has 0 aliphatic carbocycles. The number of carbonyl (C=O) groups excluding carboxylic acids is 1. The third kappa shape index (κ3) is 2.21. The SMILES string of the molecule is COc1ncc(-c2ccc(C=O)cc2)c2c(O)cccc12. The van der Waals surface area contributed by atoms with Crippen LogP contribution in [0, 0.1) is 0 Å². The van der Waals surface area contributed by atoms with Crippen LogP contribution < -0.4 is 4.74 Å². The number of benzene rings is 2. The average Bonchev–Trinajstić information content (AvgIpc) is 2.54. The van der Waals surface area contributed by atoms with Gasteiger partial charge in [0.25, 0.3) is 0 Å². The van der Waals surface area contributed by atoms with Crippen LogP contribution in [0.1, 0.15) is 10.4 Å². The Morgan fingerprint density at radius 1 is 1.14 bits per heavy atom. The van der Waals surface area contributed by atoms with E-state index in [1.54, 1.807) is 37.6 Å². The predicted molar refractivity (Wildman–Crippen MR) is 80.8 cm³/mol. The topological polar surface area (TPSA) is 59.4 Å². The molecule has 0 aliphatic heterocycles. The van der Waals surface area contributed by atoms with Crippen LogP contribution in [0.15, 0.2) is 48.7 Å². The zero-order valence-corrected chi connectivity index (χ0v) is 11.4. The molecule has 3 rings (SSSR count). The first-order chi connectivity index (χ1) is 10.2. The van der Waals surface area contributed by atoms with Crippen molar-refractivity contribution in [3.8, 4) is 22.8 Å². The number of aromatic nitrogens is 1. The van der Waals surface area contributed by atoms with Crippen molar-refractivity contribution in [2.75, 3.05) is 7.11 Å². The highest BCUT2D eigenvalue weighted by Crippen LogP contribution is 2.37. The lowest BCUT2D eigenvalue weighted by atomic mass is 9.99. The molecule has 0 atom stereocenters. The Kier molecular flexibility index (Phi) is 3.28. The molecule has 4 heteroatoms. The van der Waals surface area contributed by atoms with E-state index in [2.05, 4.69) is 4.98 Å². The maximum atomic E-state index is 10.7. The molecule has 0 radical (unpaired) electrons. The van der Waals surface area contributed by atoms with Gasteiger partial charge in [-0.1, -0.05) is 30.3 Å². The lowest BCUT2D eigenvalue weighted by molar-refractivity contribution is 0.112. The van der Waals surface area contributed by atoms with Gasteiger partial charge in [-0.15, -0.1) is 0 Å². The molecule has 1 N–H and O–H groups in total. The molecule has 1 aromatic heterocycles. The minimum Gasteiger partial charge on any atom is -0.507 e. The summed E-state index contributed by atoms with van der Waals surface area (Å²) in [7, 11) is 1.55. The zero-order valence-electron chi connectivity index (χ0n) is 11.4. The second-order valence-corrected chi connectivity index (χ2v) is 4.62. The van der Waals surface area contributed by atoms with Gasteiger partial charge in [-0.25, -0.2) is 4.98 Å². The molecule has 0 saturated heterocycles. The summed E-state index contributed by atoms with van der Waals surface area (Å²) in [5.74, 6) is 0.636. The van der Waals surface area contributed by atoms with Crippen LogP contribution in [-0.4, -0.2) is 23.5 Å². The number of fused-ring (bicyclic) bond motifs is 1. The molecular formula is C17H13NO3. The highest BCUT2D eigenvalue weighted by atomic mass is 16.5. The van der Waals surface area contributed by atoms with Crippen molar-refractivity contribution in [1.82, 2.24) is 4.98 Å². The summed E-state index contributed by atoms with van der Waals surface area (Å²) in [5.41, 5.74) is 2.28. The van der Waals surface area contributed by atoms with Gasteiger partial charge in [0.2, 0.25) is 5.88 Å². The van der Waals surface area contributed by atoms with Crippen LogP contribution in [0.2, 0.25) is 0 Å². The normalized spacial score (nSPS) is 10.5. The number of methoxy groups -OCH3 is 1. The molecule has 0 spiro atoms. The number of carbonyl (C=O) groups is 1. The Morgan fingerprint density at radius 3 is 2.57 bits per heavy atom. The molecule has 0 saturated carbocycles. The molecule has 1 heterocycles. The molecule has 104 valence electrons. The van der Waals surface area contributed by atoms with Crippen molar-refractivity contribution in [3.05, 3.63) is 54.2 Å². The van der Waals surface area contributed by atoms with E-state index in [1.807, 2.05) is 18.2 Å². The lowest BCUT2D eigenvalue weighted by Gasteiger charge is -2.11. The van der Waals surface area contributed by atoms with Crippen molar-refractivity contribution in [1.29, 1.82) is 0 Å². The summed E-state index contributed by atoms with van der Waals surface area (Å²) >= 11 is 0. The smallest absolute Gasteiger partial charge is 0.221 e. The average molecular weight is 279 g/mol. The second-order valence-electron chi connectivity index (χ2n) is 4.62. The number of aldehydes is 1. The Hall–Kier alpha value is -2.88. The fourth-order valence-corrected chi connectivity index (χ4v) is 2.38. The minimum atomic E-state index is 0.169. The van der Waals surface area contributed by atoms with Crippen molar-refractivity contribution >= 4 is 17.1 Å². The largest absolute Gasteiger partial charge is 0.507 e. The first kappa shape index (κ1) is 13.1. The number of phenols is 1. The number of hydrogen-bond donors (Lipinski definition) is 1. The minimum absolute atomic E-state index is 0.169. The van der Waals surface area contributed by atoms with Gasteiger partial charge in [-0.05, 0) is 17.7 Å². The van der Waals surface area contributed by atoms with Gasteiger partial charge in [-0.2, -0.15) is 0 Å². The molecule has 3 aromatic rings. The van der Waals surface area contributed by atoms with Crippen LogP contribution in [-0.2, 0) is 0 Å². The zero-order chi connectivity index (χ0) is 14.8. The molecule has 0 unspecified atom stereocenters. The van der Waals surface area contributed by atoms with E-state index in [4.69, 9.17) is 4.74 Å². The molecular weight excluding hydrogens is 266 g/mol. The molecule has 2 aromatic carbocycles. The van der Waals surface area contributed by atoms with Crippen molar-refractivity contribution in [2.45, 2.75) is 0 Å². The number of hydrogen-bond acceptors (Lipinski definition) is 4. The number of phenolic OH excluding ortho intramolecular Hbond substituents is 1. The van der Waals surface area contributed by atoms with Crippen LogP contribution >= 0.6 is 0 Å². The predicted octanol–water partition coefficient (Wildman–Crippen LogP) is 3.43. The Balaban J connectivity index is 2.29. The summed E-state index contributed by atoms with van der Waals surface area (Å²) in [4.78, 5) is 15.0. The fourth-order valence-electron chi connectivity index (χ4n) is 2.38.